The molecule has 0 atom stereocenters. The molecule has 1 aromatic carbocycles. The molecule has 4 aromatic rings. The lowest BCUT2D eigenvalue weighted by molar-refractivity contribution is 1.10. The number of benzene rings is 1. The molecule has 0 bridgehead atoms. The van der Waals surface area contributed by atoms with Gasteiger partial charge in [-0.05, 0) is 19.1 Å². The lowest BCUT2D eigenvalue weighted by atomic mass is 10.0. The van der Waals surface area contributed by atoms with Crippen LogP contribution in [0.25, 0.3) is 33.7 Å². The third-order valence-corrected chi connectivity index (χ3v) is 4.42. The zero-order chi connectivity index (χ0) is 19.7. The number of aromatic amines is 1. The van der Waals surface area contributed by atoms with E-state index >= 15 is 0 Å². The molecule has 0 aliphatic carbocycles. The first-order valence-corrected chi connectivity index (χ1v) is 8.94. The molecular formula is C21H14ClN5O. The lowest BCUT2D eigenvalue weighted by Gasteiger charge is -2.11. The van der Waals surface area contributed by atoms with Crippen LogP contribution in [0.1, 0.15) is 11.4 Å². The zero-order valence-electron chi connectivity index (χ0n) is 14.9. The van der Waals surface area contributed by atoms with E-state index in [0.29, 0.717) is 27.9 Å². The summed E-state index contributed by atoms with van der Waals surface area (Å²) in [5.74, 6) is 0. The van der Waals surface area contributed by atoms with Crippen molar-refractivity contribution in [2.24, 2.45) is 0 Å². The average Bonchev–Trinajstić information content (AvgIpc) is 2.67. The molecule has 0 fully saturated rings. The number of aryl methyl sites for hydroxylation is 1. The van der Waals surface area contributed by atoms with Gasteiger partial charge in [0, 0.05) is 28.6 Å². The van der Waals surface area contributed by atoms with Gasteiger partial charge in [-0.3, -0.25) is 4.79 Å². The number of rotatable bonds is 3. The number of H-pyrrole nitrogens is 1. The first-order chi connectivity index (χ1) is 13.5. The number of nitrogens with one attached hydrogen (secondary N) is 1. The van der Waals surface area contributed by atoms with Crippen molar-refractivity contribution >= 4 is 22.8 Å². The standard InChI is InChI=1S/C21H14ClN5O/c1-12-9-14(10-17(22)24-12)19-18(13-5-3-2-4-6-13)27-21-20(26-19)16(28)11-15(25-21)7-8-23/h2-6,9-11H,7H2,1H3,(H,25,27,28). The minimum Gasteiger partial charge on any atom is -0.341 e. The number of hydrogen-bond acceptors (Lipinski definition) is 5. The van der Waals surface area contributed by atoms with Crippen LogP contribution in [-0.2, 0) is 6.42 Å². The second-order valence-corrected chi connectivity index (χ2v) is 6.68. The molecule has 7 heteroatoms. The van der Waals surface area contributed by atoms with Crippen LogP contribution < -0.4 is 5.43 Å². The summed E-state index contributed by atoms with van der Waals surface area (Å²) in [5, 5.41) is 9.28. The fraction of sp³-hybridized carbons (Fsp3) is 0.0952. The van der Waals surface area contributed by atoms with Crippen molar-refractivity contribution in [3.63, 3.8) is 0 Å². The van der Waals surface area contributed by atoms with Crippen molar-refractivity contribution in [1.29, 1.82) is 5.26 Å². The van der Waals surface area contributed by atoms with Crippen LogP contribution in [0.15, 0.2) is 53.3 Å². The summed E-state index contributed by atoms with van der Waals surface area (Å²) < 4.78 is 0. The normalized spacial score (nSPS) is 10.8. The highest BCUT2D eigenvalue weighted by molar-refractivity contribution is 6.29. The molecule has 0 saturated heterocycles. The molecule has 0 unspecified atom stereocenters. The maximum Gasteiger partial charge on any atom is 0.209 e. The maximum atomic E-state index is 12.6. The summed E-state index contributed by atoms with van der Waals surface area (Å²) in [4.78, 5) is 29.1. The number of hydrogen-bond donors (Lipinski definition) is 1. The molecular weight excluding hydrogens is 374 g/mol. The van der Waals surface area contributed by atoms with Crippen LogP contribution in [0, 0.1) is 18.3 Å². The molecule has 0 saturated carbocycles. The quantitative estimate of drug-likeness (QED) is 0.534. The smallest absolute Gasteiger partial charge is 0.209 e. The van der Waals surface area contributed by atoms with Gasteiger partial charge in [0.15, 0.2) is 11.2 Å². The number of halogens is 1. The average molecular weight is 388 g/mol. The monoisotopic (exact) mass is 387 g/mol. The van der Waals surface area contributed by atoms with Gasteiger partial charge in [-0.25, -0.2) is 15.0 Å². The van der Waals surface area contributed by atoms with E-state index in [9.17, 15) is 4.79 Å². The van der Waals surface area contributed by atoms with E-state index in [2.05, 4.69) is 15.0 Å². The van der Waals surface area contributed by atoms with Crippen molar-refractivity contribution in [3.8, 4) is 28.6 Å². The Bertz CT molecular complexity index is 1270. The minimum atomic E-state index is -0.288. The van der Waals surface area contributed by atoms with Gasteiger partial charge in [-0.1, -0.05) is 41.9 Å². The third-order valence-electron chi connectivity index (χ3n) is 4.23. The van der Waals surface area contributed by atoms with Crippen LogP contribution in [-0.4, -0.2) is 19.9 Å². The van der Waals surface area contributed by atoms with E-state index in [4.69, 9.17) is 21.8 Å². The zero-order valence-corrected chi connectivity index (χ0v) is 15.7. The Kier molecular flexibility index (Phi) is 4.60. The van der Waals surface area contributed by atoms with Crippen molar-refractivity contribution < 1.29 is 0 Å². The van der Waals surface area contributed by atoms with Crippen LogP contribution >= 0.6 is 11.6 Å². The molecule has 3 heterocycles. The predicted molar refractivity (Wildman–Crippen MR) is 108 cm³/mol. The van der Waals surface area contributed by atoms with Gasteiger partial charge < -0.3 is 4.98 Å². The van der Waals surface area contributed by atoms with Gasteiger partial charge in [0.25, 0.3) is 0 Å². The maximum absolute atomic E-state index is 12.6. The summed E-state index contributed by atoms with van der Waals surface area (Å²) in [6.07, 6.45) is 0.0917. The molecule has 0 aliphatic heterocycles. The summed E-state index contributed by atoms with van der Waals surface area (Å²) >= 11 is 6.15. The number of aromatic nitrogens is 4. The van der Waals surface area contributed by atoms with Crippen LogP contribution in [0.5, 0.6) is 0 Å². The van der Waals surface area contributed by atoms with E-state index in [-0.39, 0.29) is 17.4 Å². The van der Waals surface area contributed by atoms with E-state index in [0.717, 1.165) is 16.8 Å². The molecule has 1 N–H and O–H groups in total. The number of nitrogens with zero attached hydrogens (tertiary/aromatic N) is 4. The third kappa shape index (κ3) is 3.36. The van der Waals surface area contributed by atoms with Gasteiger partial charge in [0.1, 0.15) is 5.15 Å². The molecule has 0 spiro atoms. The Hall–Kier alpha value is -3.56. The molecule has 3 aromatic heterocycles. The van der Waals surface area contributed by atoms with Crippen molar-refractivity contribution in [1.82, 2.24) is 19.9 Å². The second-order valence-electron chi connectivity index (χ2n) is 6.30. The Morgan fingerprint density at radius 1 is 1.04 bits per heavy atom. The number of nitriles is 1. The van der Waals surface area contributed by atoms with Crippen LogP contribution in [0.2, 0.25) is 5.15 Å². The highest BCUT2D eigenvalue weighted by Gasteiger charge is 2.16. The largest absolute Gasteiger partial charge is 0.341 e. The van der Waals surface area contributed by atoms with E-state index in [1.165, 1.54) is 6.07 Å². The van der Waals surface area contributed by atoms with Gasteiger partial charge in [-0.2, -0.15) is 5.26 Å². The fourth-order valence-electron chi connectivity index (χ4n) is 3.05. The summed E-state index contributed by atoms with van der Waals surface area (Å²) in [7, 11) is 0. The van der Waals surface area contributed by atoms with Crippen molar-refractivity contribution in [2.75, 3.05) is 0 Å². The molecule has 0 amide bonds. The molecule has 28 heavy (non-hydrogen) atoms. The van der Waals surface area contributed by atoms with Crippen LogP contribution in [0.4, 0.5) is 0 Å². The summed E-state index contributed by atoms with van der Waals surface area (Å²) in [6, 6.07) is 16.5. The molecule has 136 valence electrons. The van der Waals surface area contributed by atoms with Gasteiger partial charge in [0.2, 0.25) is 5.43 Å². The van der Waals surface area contributed by atoms with Crippen molar-refractivity contribution in [3.05, 3.63) is 75.3 Å². The molecule has 4 rings (SSSR count). The van der Waals surface area contributed by atoms with Crippen molar-refractivity contribution in [2.45, 2.75) is 13.3 Å². The number of fused-ring (bicyclic) bond motifs is 1. The Morgan fingerprint density at radius 2 is 1.79 bits per heavy atom. The minimum absolute atomic E-state index is 0.0917. The fourth-order valence-corrected chi connectivity index (χ4v) is 3.30. The molecule has 6 nitrogen and oxygen atoms in total. The summed E-state index contributed by atoms with van der Waals surface area (Å²) in [5.41, 5.74) is 4.24. The first kappa shape index (κ1) is 17.8. The SMILES string of the molecule is Cc1cc(-c2nc3c(=O)cc(CC#N)[nH]c3nc2-c2ccccc2)cc(Cl)n1. The highest BCUT2D eigenvalue weighted by Crippen LogP contribution is 2.31. The molecule has 0 radical (unpaired) electrons. The van der Waals surface area contributed by atoms with Gasteiger partial charge in [-0.15, -0.1) is 0 Å². The van der Waals surface area contributed by atoms with Crippen LogP contribution in [0.3, 0.4) is 0 Å². The van der Waals surface area contributed by atoms with Gasteiger partial charge >= 0.3 is 0 Å². The Balaban J connectivity index is 2.07. The Labute approximate surface area is 165 Å². The van der Waals surface area contributed by atoms with Gasteiger partial charge in [0.05, 0.1) is 23.9 Å². The predicted octanol–water partition coefficient (Wildman–Crippen LogP) is 4.08. The number of pyridine rings is 2. The highest BCUT2D eigenvalue weighted by atomic mass is 35.5. The van der Waals surface area contributed by atoms with E-state index in [1.54, 1.807) is 6.07 Å². The van der Waals surface area contributed by atoms with E-state index in [1.807, 2.05) is 49.4 Å². The summed E-state index contributed by atoms with van der Waals surface area (Å²) in [6.45, 7) is 1.84. The topological polar surface area (TPSA) is 95.3 Å². The van der Waals surface area contributed by atoms with E-state index < -0.39 is 0 Å². The Morgan fingerprint density at radius 3 is 2.50 bits per heavy atom. The first-order valence-electron chi connectivity index (χ1n) is 8.56. The lowest BCUT2D eigenvalue weighted by Crippen LogP contribution is -2.10. The molecule has 0 aliphatic rings. The second kappa shape index (κ2) is 7.22.